The maximum atomic E-state index is 11.7. The summed E-state index contributed by atoms with van der Waals surface area (Å²) in [7, 11) is -1.40. The Balaban J connectivity index is 2.62. The molecule has 1 rings (SSSR count). The number of carbonyl (C=O) groups excluding carboxylic acids is 1. The molecule has 0 aliphatic rings. The number of esters is 1. The number of benzene rings is 1. The molecule has 0 heterocycles. The van der Waals surface area contributed by atoms with Crippen molar-refractivity contribution in [3.63, 3.8) is 0 Å². The van der Waals surface area contributed by atoms with Gasteiger partial charge >= 0.3 is 5.97 Å². The molecule has 0 aliphatic carbocycles. The zero-order valence-electron chi connectivity index (χ0n) is 9.10. The van der Waals surface area contributed by atoms with E-state index in [9.17, 15) is 9.00 Å². The Hall–Kier alpha value is -0.870. The summed E-state index contributed by atoms with van der Waals surface area (Å²) in [5.41, 5.74) is 0. The molecule has 0 amide bonds. The van der Waals surface area contributed by atoms with Crippen LogP contribution in [-0.4, -0.2) is 22.0 Å². The number of carbonyl (C=O) groups is 1. The molecule has 1 unspecified atom stereocenters. The summed E-state index contributed by atoms with van der Waals surface area (Å²) in [6.45, 7) is 3.50. The van der Waals surface area contributed by atoms with E-state index in [4.69, 9.17) is 16.3 Å². The van der Waals surface area contributed by atoms with Crippen molar-refractivity contribution in [1.82, 2.24) is 0 Å². The monoisotopic (exact) mass is 260 g/mol. The lowest BCUT2D eigenvalue weighted by molar-refractivity contribution is -0.144. The normalized spacial score (nSPS) is 12.5. The molecule has 16 heavy (non-hydrogen) atoms. The van der Waals surface area contributed by atoms with Crippen LogP contribution in [0.4, 0.5) is 0 Å². The van der Waals surface area contributed by atoms with Gasteiger partial charge in [-0.1, -0.05) is 17.7 Å². The number of rotatable bonds is 4. The first-order valence-electron chi connectivity index (χ1n) is 4.82. The highest BCUT2D eigenvalue weighted by molar-refractivity contribution is 7.85. The molecule has 5 heteroatoms. The second-order valence-corrected chi connectivity index (χ2v) is 5.37. The molecule has 1 aromatic rings. The molecule has 0 fully saturated rings. The molecule has 0 spiro atoms. The third-order valence-electron chi connectivity index (χ3n) is 1.68. The predicted molar refractivity (Wildman–Crippen MR) is 64.0 cm³/mol. The lowest BCUT2D eigenvalue weighted by Crippen LogP contribution is -2.18. The molecule has 0 saturated heterocycles. The van der Waals surface area contributed by atoms with Gasteiger partial charge in [0.15, 0.2) is 0 Å². The lowest BCUT2D eigenvalue weighted by atomic mass is 10.4. The van der Waals surface area contributed by atoms with Crippen LogP contribution in [0.2, 0.25) is 5.02 Å². The number of halogens is 1. The molecule has 0 aliphatic heterocycles. The van der Waals surface area contributed by atoms with E-state index in [0.717, 1.165) is 0 Å². The van der Waals surface area contributed by atoms with Crippen LogP contribution in [-0.2, 0) is 20.3 Å². The van der Waals surface area contributed by atoms with E-state index >= 15 is 0 Å². The highest BCUT2D eigenvalue weighted by Gasteiger charge is 2.12. The Morgan fingerprint density at radius 2 is 2.19 bits per heavy atom. The molecular weight excluding hydrogens is 248 g/mol. The minimum atomic E-state index is -1.40. The topological polar surface area (TPSA) is 43.4 Å². The van der Waals surface area contributed by atoms with Crippen LogP contribution in [0.3, 0.4) is 0 Å². The van der Waals surface area contributed by atoms with Crippen LogP contribution in [0.25, 0.3) is 0 Å². The zero-order valence-corrected chi connectivity index (χ0v) is 10.7. The summed E-state index contributed by atoms with van der Waals surface area (Å²) < 4.78 is 16.6. The van der Waals surface area contributed by atoms with Gasteiger partial charge in [0.05, 0.1) is 16.9 Å². The van der Waals surface area contributed by atoms with Gasteiger partial charge in [-0.25, -0.2) is 0 Å². The van der Waals surface area contributed by atoms with E-state index in [0.29, 0.717) is 9.92 Å². The average Bonchev–Trinajstić information content (AvgIpc) is 2.16. The van der Waals surface area contributed by atoms with Crippen molar-refractivity contribution < 1.29 is 13.7 Å². The minimum Gasteiger partial charge on any atom is -0.462 e. The minimum absolute atomic E-state index is 0.140. The summed E-state index contributed by atoms with van der Waals surface area (Å²) in [4.78, 5) is 11.8. The third-order valence-corrected chi connectivity index (χ3v) is 3.19. The first kappa shape index (κ1) is 13.2. The first-order valence-corrected chi connectivity index (χ1v) is 6.52. The second-order valence-electron chi connectivity index (χ2n) is 3.49. The Bertz CT molecular complexity index is 404. The zero-order chi connectivity index (χ0) is 12.1. The highest BCUT2D eigenvalue weighted by atomic mass is 35.5. The fraction of sp³-hybridized carbons (Fsp3) is 0.364. The van der Waals surface area contributed by atoms with E-state index < -0.39 is 16.8 Å². The van der Waals surface area contributed by atoms with Crippen LogP contribution >= 0.6 is 11.6 Å². The summed E-state index contributed by atoms with van der Waals surface area (Å²) >= 11 is 5.76. The lowest BCUT2D eigenvalue weighted by Gasteiger charge is -2.07. The molecule has 88 valence electrons. The van der Waals surface area contributed by atoms with Gasteiger partial charge < -0.3 is 4.74 Å². The van der Waals surface area contributed by atoms with Crippen molar-refractivity contribution in [2.45, 2.75) is 24.8 Å². The summed E-state index contributed by atoms with van der Waals surface area (Å²) in [5.74, 6) is -0.605. The molecule has 0 saturated carbocycles. The van der Waals surface area contributed by atoms with E-state index in [1.807, 2.05) is 0 Å². The first-order chi connectivity index (χ1) is 7.49. The molecule has 1 atom stereocenters. The van der Waals surface area contributed by atoms with E-state index in [1.54, 1.807) is 38.1 Å². The fourth-order valence-electron chi connectivity index (χ4n) is 1.10. The van der Waals surface area contributed by atoms with E-state index in [1.165, 1.54) is 0 Å². The Labute approximate surface area is 102 Å². The van der Waals surface area contributed by atoms with Crippen molar-refractivity contribution >= 4 is 28.4 Å². The van der Waals surface area contributed by atoms with Gasteiger partial charge in [-0.05, 0) is 32.0 Å². The van der Waals surface area contributed by atoms with Crippen LogP contribution in [0.15, 0.2) is 29.2 Å². The van der Waals surface area contributed by atoms with Crippen LogP contribution in [0.5, 0.6) is 0 Å². The molecule has 0 aromatic heterocycles. The number of hydrogen-bond acceptors (Lipinski definition) is 3. The van der Waals surface area contributed by atoms with Crippen LogP contribution in [0.1, 0.15) is 13.8 Å². The standard InChI is InChI=1S/C11H13ClO3S/c1-8(2)15-11(13)7-16(14)10-5-3-4-9(12)6-10/h3-6,8H,7H2,1-2H3. The van der Waals surface area contributed by atoms with Gasteiger partial charge in [-0.3, -0.25) is 9.00 Å². The van der Waals surface area contributed by atoms with Crippen molar-refractivity contribution in [1.29, 1.82) is 0 Å². The average molecular weight is 261 g/mol. The Kier molecular flexibility index (Phi) is 4.96. The van der Waals surface area contributed by atoms with Crippen LogP contribution < -0.4 is 0 Å². The Morgan fingerprint density at radius 1 is 1.50 bits per heavy atom. The van der Waals surface area contributed by atoms with E-state index in [2.05, 4.69) is 0 Å². The van der Waals surface area contributed by atoms with Crippen molar-refractivity contribution in [3.8, 4) is 0 Å². The van der Waals surface area contributed by atoms with Crippen molar-refractivity contribution in [2.24, 2.45) is 0 Å². The largest absolute Gasteiger partial charge is 0.462 e. The van der Waals surface area contributed by atoms with Gasteiger partial charge in [0.2, 0.25) is 0 Å². The van der Waals surface area contributed by atoms with Gasteiger partial charge in [0.25, 0.3) is 0 Å². The molecule has 1 aromatic carbocycles. The third kappa shape index (κ3) is 4.33. The summed E-state index contributed by atoms with van der Waals surface area (Å²) in [6, 6.07) is 6.64. The highest BCUT2D eigenvalue weighted by Crippen LogP contribution is 2.14. The van der Waals surface area contributed by atoms with E-state index in [-0.39, 0.29) is 11.9 Å². The van der Waals surface area contributed by atoms with Crippen molar-refractivity contribution in [3.05, 3.63) is 29.3 Å². The fourth-order valence-corrected chi connectivity index (χ4v) is 2.29. The SMILES string of the molecule is CC(C)OC(=O)CS(=O)c1cccc(Cl)c1. The van der Waals surface area contributed by atoms with Crippen molar-refractivity contribution in [2.75, 3.05) is 5.75 Å². The molecular formula is C11H13ClO3S. The molecule has 0 N–H and O–H groups in total. The summed E-state index contributed by atoms with van der Waals surface area (Å²) in [6.07, 6.45) is -0.191. The molecule has 3 nitrogen and oxygen atoms in total. The quantitative estimate of drug-likeness (QED) is 0.781. The maximum Gasteiger partial charge on any atom is 0.319 e. The summed E-state index contributed by atoms with van der Waals surface area (Å²) in [5, 5.41) is 0.503. The van der Waals surface area contributed by atoms with Gasteiger partial charge in [-0.15, -0.1) is 0 Å². The second kappa shape index (κ2) is 6.01. The smallest absolute Gasteiger partial charge is 0.319 e. The maximum absolute atomic E-state index is 11.7. The number of ether oxygens (including phenoxy) is 1. The van der Waals surface area contributed by atoms with Gasteiger partial charge in [0.1, 0.15) is 5.75 Å². The van der Waals surface area contributed by atoms with Crippen LogP contribution in [0, 0.1) is 0 Å². The molecule has 0 radical (unpaired) electrons. The van der Waals surface area contributed by atoms with Gasteiger partial charge in [-0.2, -0.15) is 0 Å². The Morgan fingerprint density at radius 3 is 2.75 bits per heavy atom. The molecule has 0 bridgehead atoms. The number of hydrogen-bond donors (Lipinski definition) is 0. The van der Waals surface area contributed by atoms with Gasteiger partial charge in [0, 0.05) is 9.92 Å². The predicted octanol–water partition coefficient (Wildman–Crippen LogP) is 2.40.